The zero-order valence-electron chi connectivity index (χ0n) is 16.9. The first-order chi connectivity index (χ1) is 12.3. The Balaban J connectivity index is 1.71. The fourth-order valence-electron chi connectivity index (χ4n) is 8.37. The van der Waals surface area contributed by atoms with Gasteiger partial charge in [0.2, 0.25) is 0 Å². The number of aliphatic hydroxyl groups excluding tert-OH is 1. The number of methoxy groups -OCH3 is 2. The molecule has 4 heteroatoms. The Bertz CT molecular complexity index is 576. The third-order valence-electron chi connectivity index (χ3n) is 9.50. The monoisotopic (exact) mass is 364 g/mol. The highest BCUT2D eigenvalue weighted by Gasteiger charge is 2.68. The molecule has 0 aliphatic heterocycles. The highest BCUT2D eigenvalue weighted by molar-refractivity contribution is 5.77. The number of carbonyl (C=O) groups excluding carboxylic acids is 1. The molecule has 148 valence electrons. The van der Waals surface area contributed by atoms with Gasteiger partial charge in [0, 0.05) is 18.4 Å². The van der Waals surface area contributed by atoms with Crippen LogP contribution >= 0.6 is 0 Å². The zero-order valence-corrected chi connectivity index (χ0v) is 16.9. The second-order valence-corrected chi connectivity index (χ2v) is 10.2. The Morgan fingerprint density at radius 2 is 1.81 bits per heavy atom. The molecular weight excluding hydrogens is 328 g/mol. The Morgan fingerprint density at radius 1 is 1.08 bits per heavy atom. The van der Waals surface area contributed by atoms with E-state index in [4.69, 9.17) is 9.47 Å². The predicted molar refractivity (Wildman–Crippen MR) is 99.4 cm³/mol. The van der Waals surface area contributed by atoms with E-state index in [9.17, 15) is 9.90 Å². The molecule has 0 amide bonds. The van der Waals surface area contributed by atoms with Crippen molar-refractivity contribution in [1.82, 2.24) is 0 Å². The predicted octanol–water partition coefficient (Wildman–Crippen LogP) is 3.81. The lowest BCUT2D eigenvalue weighted by Crippen LogP contribution is -2.67. The molecule has 0 aromatic heterocycles. The van der Waals surface area contributed by atoms with Gasteiger partial charge in [-0.05, 0) is 75.0 Å². The summed E-state index contributed by atoms with van der Waals surface area (Å²) >= 11 is 0. The number of fused-ring (bicyclic) bond motifs is 3. The summed E-state index contributed by atoms with van der Waals surface area (Å²) in [5, 5.41) is 11.4. The first kappa shape index (κ1) is 18.7. The molecule has 26 heavy (non-hydrogen) atoms. The standard InChI is InChI=1S/C22H36O4/c1-20-8-5-9-21(2,19(24)26-4)16(20)7-11-22-10-6-14(12-17(20)22)15(13-25-3)18(22)23/h14-18,23H,5-13H2,1-4H3/t14-,15-,16-,17-,18+,20+,21+,22-/m0/s1. The van der Waals surface area contributed by atoms with Crippen molar-refractivity contribution in [2.75, 3.05) is 20.8 Å². The van der Waals surface area contributed by atoms with Gasteiger partial charge < -0.3 is 14.6 Å². The second kappa shape index (κ2) is 6.20. The van der Waals surface area contributed by atoms with Crippen LogP contribution in [-0.2, 0) is 14.3 Å². The van der Waals surface area contributed by atoms with Crippen LogP contribution in [0.2, 0.25) is 0 Å². The van der Waals surface area contributed by atoms with E-state index in [1.54, 1.807) is 7.11 Å². The summed E-state index contributed by atoms with van der Waals surface area (Å²) < 4.78 is 10.7. The quantitative estimate of drug-likeness (QED) is 0.774. The molecule has 5 rings (SSSR count). The van der Waals surface area contributed by atoms with Crippen LogP contribution in [0.5, 0.6) is 0 Å². The smallest absolute Gasteiger partial charge is 0.311 e. The van der Waals surface area contributed by atoms with Crippen molar-refractivity contribution in [2.24, 2.45) is 39.9 Å². The third kappa shape index (κ3) is 2.24. The minimum atomic E-state index is -0.364. The Hall–Kier alpha value is -0.610. The molecule has 0 aromatic rings. The lowest BCUT2D eigenvalue weighted by molar-refractivity contribution is -0.249. The molecule has 5 aliphatic rings. The molecule has 0 radical (unpaired) electrons. The van der Waals surface area contributed by atoms with E-state index < -0.39 is 0 Å². The summed E-state index contributed by atoms with van der Waals surface area (Å²) in [6.45, 7) is 5.26. The van der Waals surface area contributed by atoms with Crippen molar-refractivity contribution in [3.8, 4) is 0 Å². The maximum absolute atomic E-state index is 12.7. The highest BCUT2D eigenvalue weighted by Crippen LogP contribution is 2.72. The van der Waals surface area contributed by atoms with Crippen LogP contribution in [0.4, 0.5) is 0 Å². The summed E-state index contributed by atoms with van der Waals surface area (Å²) in [5.41, 5.74) is -0.189. The number of ether oxygens (including phenoxy) is 2. The van der Waals surface area contributed by atoms with Crippen molar-refractivity contribution in [3.63, 3.8) is 0 Å². The van der Waals surface area contributed by atoms with Gasteiger partial charge in [-0.2, -0.15) is 0 Å². The fraction of sp³-hybridized carbons (Fsp3) is 0.955. The van der Waals surface area contributed by atoms with Crippen molar-refractivity contribution < 1.29 is 19.4 Å². The number of carbonyl (C=O) groups is 1. The summed E-state index contributed by atoms with van der Waals surface area (Å²) in [4.78, 5) is 12.7. The van der Waals surface area contributed by atoms with Gasteiger partial charge in [-0.1, -0.05) is 13.3 Å². The van der Waals surface area contributed by atoms with Gasteiger partial charge in [-0.25, -0.2) is 0 Å². The summed E-state index contributed by atoms with van der Waals surface area (Å²) in [6.07, 6.45) is 8.66. The third-order valence-corrected chi connectivity index (χ3v) is 9.50. The largest absolute Gasteiger partial charge is 0.469 e. The average molecular weight is 365 g/mol. The minimum Gasteiger partial charge on any atom is -0.469 e. The molecule has 2 bridgehead atoms. The van der Waals surface area contributed by atoms with E-state index in [1.165, 1.54) is 26.4 Å². The fourth-order valence-corrected chi connectivity index (χ4v) is 8.37. The average Bonchev–Trinajstić information content (AvgIpc) is 2.63. The highest BCUT2D eigenvalue weighted by atomic mass is 16.5. The number of esters is 1. The Kier molecular flexibility index (Phi) is 4.47. The van der Waals surface area contributed by atoms with Crippen molar-refractivity contribution in [3.05, 3.63) is 0 Å². The van der Waals surface area contributed by atoms with Gasteiger partial charge in [0.05, 0.1) is 25.2 Å². The van der Waals surface area contributed by atoms with Crippen LogP contribution in [0.25, 0.3) is 0 Å². The van der Waals surface area contributed by atoms with E-state index in [-0.39, 0.29) is 28.3 Å². The number of hydrogen-bond donors (Lipinski definition) is 1. The van der Waals surface area contributed by atoms with Gasteiger partial charge in [0.25, 0.3) is 0 Å². The van der Waals surface area contributed by atoms with E-state index >= 15 is 0 Å². The molecule has 0 aromatic carbocycles. The molecule has 0 heterocycles. The molecular formula is C22H36O4. The number of rotatable bonds is 3. The van der Waals surface area contributed by atoms with Crippen LogP contribution < -0.4 is 0 Å². The van der Waals surface area contributed by atoms with Gasteiger partial charge in [0.15, 0.2) is 0 Å². The van der Waals surface area contributed by atoms with E-state index in [0.717, 1.165) is 32.1 Å². The zero-order chi connectivity index (χ0) is 18.7. The molecule has 5 fully saturated rings. The number of hydrogen-bond acceptors (Lipinski definition) is 4. The normalized spacial score (nSPS) is 52.9. The van der Waals surface area contributed by atoms with Gasteiger partial charge >= 0.3 is 5.97 Å². The van der Waals surface area contributed by atoms with E-state index in [0.29, 0.717) is 30.3 Å². The second-order valence-electron chi connectivity index (χ2n) is 10.2. The molecule has 5 aliphatic carbocycles. The summed E-state index contributed by atoms with van der Waals surface area (Å²) in [7, 11) is 3.29. The molecule has 0 saturated heterocycles. The van der Waals surface area contributed by atoms with Crippen LogP contribution in [0.3, 0.4) is 0 Å². The Morgan fingerprint density at radius 3 is 2.50 bits per heavy atom. The lowest BCUT2D eigenvalue weighted by Gasteiger charge is -2.69. The number of aliphatic hydroxyl groups is 1. The molecule has 1 spiro atoms. The topological polar surface area (TPSA) is 55.8 Å². The molecule has 1 N–H and O–H groups in total. The van der Waals surface area contributed by atoms with E-state index in [1.807, 2.05) is 0 Å². The van der Waals surface area contributed by atoms with Gasteiger partial charge in [-0.3, -0.25) is 4.79 Å². The molecule has 8 atom stereocenters. The minimum absolute atomic E-state index is 0.0249. The SMILES string of the molecule is COC[C@H]1[C@H]2CC[C@@]3(CC[C@H]4[C@@](C)(CCC[C@@]4(C)C(=O)OC)[C@@H]3C2)[C@@H]1O. The maximum atomic E-state index is 12.7. The van der Waals surface area contributed by atoms with E-state index in [2.05, 4.69) is 13.8 Å². The van der Waals surface area contributed by atoms with Crippen LogP contribution in [0, 0.1) is 39.9 Å². The van der Waals surface area contributed by atoms with Crippen molar-refractivity contribution in [1.29, 1.82) is 0 Å². The van der Waals surface area contributed by atoms with Gasteiger partial charge in [-0.15, -0.1) is 0 Å². The summed E-state index contributed by atoms with van der Waals surface area (Å²) in [5.74, 6) is 1.74. The molecule has 5 saturated carbocycles. The van der Waals surface area contributed by atoms with Crippen molar-refractivity contribution >= 4 is 5.97 Å². The van der Waals surface area contributed by atoms with Crippen LogP contribution in [-0.4, -0.2) is 38.0 Å². The molecule has 0 unspecified atom stereocenters. The van der Waals surface area contributed by atoms with Crippen LogP contribution in [0.15, 0.2) is 0 Å². The maximum Gasteiger partial charge on any atom is 0.311 e. The van der Waals surface area contributed by atoms with Crippen LogP contribution in [0.1, 0.15) is 65.2 Å². The first-order valence-corrected chi connectivity index (χ1v) is 10.6. The lowest BCUT2D eigenvalue weighted by atomic mass is 9.35. The first-order valence-electron chi connectivity index (χ1n) is 10.6. The summed E-state index contributed by atoms with van der Waals surface area (Å²) in [6, 6.07) is 0. The Labute approximate surface area is 158 Å². The molecule has 4 nitrogen and oxygen atoms in total. The van der Waals surface area contributed by atoms with Gasteiger partial charge in [0.1, 0.15) is 0 Å². The van der Waals surface area contributed by atoms with Crippen molar-refractivity contribution in [2.45, 2.75) is 71.3 Å².